The quantitative estimate of drug-likeness (QED) is 0.812. The summed E-state index contributed by atoms with van der Waals surface area (Å²) >= 11 is 11.5. The third-order valence-corrected chi connectivity index (χ3v) is 2.02. The van der Waals surface area contributed by atoms with E-state index < -0.39 is 0 Å². The molecule has 0 bridgehead atoms. The number of amides is 1. The molecule has 1 aromatic rings. The average molecular weight is 233 g/mol. The van der Waals surface area contributed by atoms with Gasteiger partial charge in [-0.15, -0.1) is 11.6 Å². The molecule has 1 unspecified atom stereocenters. The molecule has 1 amide bonds. The van der Waals surface area contributed by atoms with E-state index in [1.807, 2.05) is 0 Å². The first-order valence-electron chi connectivity index (χ1n) is 4.13. The number of aromatic nitrogens is 1. The predicted molar refractivity (Wildman–Crippen MR) is 56.9 cm³/mol. The van der Waals surface area contributed by atoms with Crippen molar-refractivity contribution in [2.45, 2.75) is 12.3 Å². The van der Waals surface area contributed by atoms with Gasteiger partial charge in [-0.05, 0) is 13.0 Å². The van der Waals surface area contributed by atoms with Crippen molar-refractivity contribution in [1.29, 1.82) is 0 Å². The van der Waals surface area contributed by atoms with E-state index in [1.54, 1.807) is 13.0 Å². The Morgan fingerprint density at radius 3 is 3.00 bits per heavy atom. The van der Waals surface area contributed by atoms with Gasteiger partial charge in [0.15, 0.2) is 0 Å². The topological polar surface area (TPSA) is 42.0 Å². The van der Waals surface area contributed by atoms with Crippen LogP contribution in [-0.2, 0) is 0 Å². The molecule has 0 aliphatic rings. The van der Waals surface area contributed by atoms with Gasteiger partial charge < -0.3 is 5.32 Å². The first-order valence-corrected chi connectivity index (χ1v) is 4.94. The zero-order valence-corrected chi connectivity index (χ0v) is 9.14. The maximum atomic E-state index is 11.5. The minimum absolute atomic E-state index is 0.0976. The van der Waals surface area contributed by atoms with Crippen molar-refractivity contribution in [3.8, 4) is 0 Å². The zero-order valence-electron chi connectivity index (χ0n) is 7.63. The van der Waals surface area contributed by atoms with Crippen LogP contribution in [0.2, 0.25) is 5.02 Å². The van der Waals surface area contributed by atoms with Crippen LogP contribution in [0, 0.1) is 0 Å². The van der Waals surface area contributed by atoms with Gasteiger partial charge >= 0.3 is 0 Å². The second-order valence-electron chi connectivity index (χ2n) is 2.85. The highest BCUT2D eigenvalue weighted by Gasteiger charge is 2.09. The normalized spacial score (nSPS) is 12.2. The van der Waals surface area contributed by atoms with Crippen molar-refractivity contribution < 1.29 is 4.79 Å². The second kappa shape index (κ2) is 5.17. The van der Waals surface area contributed by atoms with Crippen molar-refractivity contribution in [1.82, 2.24) is 10.3 Å². The van der Waals surface area contributed by atoms with Gasteiger partial charge in [-0.2, -0.15) is 0 Å². The molecular formula is C9H10Cl2N2O. The molecule has 0 saturated carbocycles. The zero-order chi connectivity index (χ0) is 10.6. The first-order chi connectivity index (χ1) is 6.61. The van der Waals surface area contributed by atoms with Crippen LogP contribution in [0.1, 0.15) is 17.3 Å². The van der Waals surface area contributed by atoms with Crippen LogP contribution < -0.4 is 5.32 Å². The van der Waals surface area contributed by atoms with Crippen LogP contribution in [0.5, 0.6) is 0 Å². The Hall–Kier alpha value is -0.800. The summed E-state index contributed by atoms with van der Waals surface area (Å²) in [5.74, 6) is -0.232. The number of rotatable bonds is 3. The first kappa shape index (κ1) is 11.3. The third kappa shape index (κ3) is 3.16. The number of hydrogen-bond acceptors (Lipinski definition) is 2. The van der Waals surface area contributed by atoms with Crippen molar-refractivity contribution >= 4 is 29.1 Å². The van der Waals surface area contributed by atoms with Crippen LogP contribution >= 0.6 is 23.2 Å². The molecule has 0 fully saturated rings. The fourth-order valence-electron chi connectivity index (χ4n) is 0.888. The lowest BCUT2D eigenvalue weighted by atomic mass is 10.2. The number of alkyl halides is 1. The van der Waals surface area contributed by atoms with E-state index in [0.29, 0.717) is 17.1 Å². The molecule has 0 radical (unpaired) electrons. The second-order valence-corrected chi connectivity index (χ2v) is 4.00. The summed E-state index contributed by atoms with van der Waals surface area (Å²) in [6.45, 7) is 2.22. The van der Waals surface area contributed by atoms with Crippen molar-refractivity contribution in [3.05, 3.63) is 29.0 Å². The largest absolute Gasteiger partial charge is 0.351 e. The third-order valence-electron chi connectivity index (χ3n) is 1.56. The Kier molecular flexibility index (Phi) is 4.17. The summed E-state index contributed by atoms with van der Waals surface area (Å²) in [6.07, 6.45) is 2.95. The van der Waals surface area contributed by atoms with Gasteiger partial charge in [-0.25, -0.2) is 0 Å². The Labute approximate surface area is 92.4 Å². The monoisotopic (exact) mass is 232 g/mol. The smallest absolute Gasteiger partial charge is 0.252 e. The minimum Gasteiger partial charge on any atom is -0.351 e. The molecule has 0 saturated heterocycles. The number of nitrogens with one attached hydrogen (secondary N) is 1. The van der Waals surface area contributed by atoms with Gasteiger partial charge in [0.1, 0.15) is 0 Å². The van der Waals surface area contributed by atoms with Crippen molar-refractivity contribution in [2.24, 2.45) is 0 Å². The number of hydrogen-bond donors (Lipinski definition) is 1. The van der Waals surface area contributed by atoms with Crippen LogP contribution in [0.3, 0.4) is 0 Å². The highest BCUT2D eigenvalue weighted by molar-refractivity contribution is 6.33. The maximum Gasteiger partial charge on any atom is 0.252 e. The molecule has 1 aromatic heterocycles. The SMILES string of the molecule is CC(Cl)CNC(=O)c1ccncc1Cl. The van der Waals surface area contributed by atoms with E-state index in [1.165, 1.54) is 12.4 Å². The highest BCUT2D eigenvalue weighted by atomic mass is 35.5. The van der Waals surface area contributed by atoms with Crippen molar-refractivity contribution in [2.75, 3.05) is 6.54 Å². The Bertz CT molecular complexity index is 328. The van der Waals surface area contributed by atoms with E-state index in [4.69, 9.17) is 23.2 Å². The lowest BCUT2D eigenvalue weighted by Crippen LogP contribution is -2.28. The standard InChI is InChI=1S/C9H10Cl2N2O/c1-6(10)4-13-9(14)7-2-3-12-5-8(7)11/h2-3,5-6H,4H2,1H3,(H,13,14). The molecule has 76 valence electrons. The van der Waals surface area contributed by atoms with Gasteiger partial charge in [0.05, 0.1) is 10.6 Å². The van der Waals surface area contributed by atoms with Gasteiger partial charge in [0.25, 0.3) is 5.91 Å². The number of carbonyl (C=O) groups is 1. The lowest BCUT2D eigenvalue weighted by Gasteiger charge is -2.06. The van der Waals surface area contributed by atoms with Gasteiger partial charge in [0, 0.05) is 24.3 Å². The Morgan fingerprint density at radius 2 is 2.43 bits per heavy atom. The number of nitrogens with zero attached hydrogens (tertiary/aromatic N) is 1. The summed E-state index contributed by atoms with van der Waals surface area (Å²) in [5, 5.41) is 2.90. The fourth-order valence-corrected chi connectivity index (χ4v) is 1.17. The number of pyridine rings is 1. The minimum atomic E-state index is -0.232. The molecule has 0 aromatic carbocycles. The molecule has 1 rings (SSSR count). The molecule has 3 nitrogen and oxygen atoms in total. The predicted octanol–water partition coefficient (Wildman–Crippen LogP) is 2.09. The fraction of sp³-hybridized carbons (Fsp3) is 0.333. The van der Waals surface area contributed by atoms with Crippen molar-refractivity contribution in [3.63, 3.8) is 0 Å². The molecule has 1 N–H and O–H groups in total. The molecule has 14 heavy (non-hydrogen) atoms. The highest BCUT2D eigenvalue weighted by Crippen LogP contribution is 2.12. The van der Waals surface area contributed by atoms with Gasteiger partial charge in [-0.3, -0.25) is 9.78 Å². The van der Waals surface area contributed by atoms with E-state index in [-0.39, 0.29) is 11.3 Å². The molecular weight excluding hydrogens is 223 g/mol. The molecule has 5 heteroatoms. The summed E-state index contributed by atoms with van der Waals surface area (Å²) in [6, 6.07) is 1.57. The lowest BCUT2D eigenvalue weighted by molar-refractivity contribution is 0.0954. The summed E-state index contributed by atoms with van der Waals surface area (Å²) in [5.41, 5.74) is 0.416. The molecule has 0 aliphatic carbocycles. The van der Waals surface area contributed by atoms with Gasteiger partial charge in [0.2, 0.25) is 0 Å². The van der Waals surface area contributed by atoms with E-state index in [9.17, 15) is 4.79 Å². The number of halogens is 2. The van der Waals surface area contributed by atoms with Crippen LogP contribution in [0.25, 0.3) is 0 Å². The maximum absolute atomic E-state index is 11.5. The molecule has 1 heterocycles. The van der Waals surface area contributed by atoms with E-state index >= 15 is 0 Å². The summed E-state index contributed by atoms with van der Waals surface area (Å²) < 4.78 is 0. The summed E-state index contributed by atoms with van der Waals surface area (Å²) in [7, 11) is 0. The molecule has 1 atom stereocenters. The molecule has 0 spiro atoms. The van der Waals surface area contributed by atoms with E-state index in [2.05, 4.69) is 10.3 Å². The molecule has 0 aliphatic heterocycles. The van der Waals surface area contributed by atoms with Crippen LogP contribution in [0.4, 0.5) is 0 Å². The van der Waals surface area contributed by atoms with E-state index in [0.717, 1.165) is 0 Å². The summed E-state index contributed by atoms with van der Waals surface area (Å²) in [4.78, 5) is 15.3. The van der Waals surface area contributed by atoms with Crippen LogP contribution in [-0.4, -0.2) is 22.8 Å². The Balaban J connectivity index is 2.65. The van der Waals surface area contributed by atoms with Crippen LogP contribution in [0.15, 0.2) is 18.5 Å². The van der Waals surface area contributed by atoms with Gasteiger partial charge in [-0.1, -0.05) is 11.6 Å². The number of carbonyl (C=O) groups excluding carboxylic acids is 1. The Morgan fingerprint density at radius 1 is 1.71 bits per heavy atom. The average Bonchev–Trinajstić information content (AvgIpc) is 2.15.